The zero-order valence-electron chi connectivity index (χ0n) is 9.16. The van der Waals surface area contributed by atoms with Gasteiger partial charge in [0.05, 0.1) is 0 Å². The van der Waals surface area contributed by atoms with Crippen LogP contribution in [0.4, 0.5) is 13.2 Å². The summed E-state index contributed by atoms with van der Waals surface area (Å²) in [6.07, 6.45) is 0.823. The quantitative estimate of drug-likeness (QED) is 0.558. The molecule has 0 nitrogen and oxygen atoms in total. The van der Waals surface area contributed by atoms with Crippen molar-refractivity contribution in [3.8, 4) is 0 Å². The lowest BCUT2D eigenvalue weighted by Gasteiger charge is -2.14. The summed E-state index contributed by atoms with van der Waals surface area (Å²) in [5.74, 6) is 0.497. The van der Waals surface area contributed by atoms with Gasteiger partial charge in [-0.1, -0.05) is 46.0 Å². The summed E-state index contributed by atoms with van der Waals surface area (Å²) in [6, 6.07) is 0. The Morgan fingerprint density at radius 2 is 1.57 bits per heavy atom. The van der Waals surface area contributed by atoms with Gasteiger partial charge >= 0.3 is 6.18 Å². The Morgan fingerprint density at radius 3 is 2.00 bits per heavy atom. The third-order valence-electron chi connectivity index (χ3n) is 2.62. The van der Waals surface area contributed by atoms with E-state index in [2.05, 4.69) is 13.8 Å². The normalized spacial score (nSPS) is 14.4. The van der Waals surface area contributed by atoms with Crippen LogP contribution in [0.1, 0.15) is 58.8 Å². The van der Waals surface area contributed by atoms with Crippen molar-refractivity contribution < 1.29 is 13.2 Å². The topological polar surface area (TPSA) is 0 Å². The number of alkyl halides is 3. The predicted octanol–water partition coefficient (Wildman–Crippen LogP) is 4.94. The molecule has 0 rings (SSSR count). The smallest absolute Gasteiger partial charge is 0.171 e. The van der Waals surface area contributed by atoms with Gasteiger partial charge in [-0.15, -0.1) is 0 Å². The van der Waals surface area contributed by atoms with Crippen molar-refractivity contribution in [3.05, 3.63) is 0 Å². The molecule has 0 aromatic carbocycles. The summed E-state index contributed by atoms with van der Waals surface area (Å²) in [5.41, 5.74) is 0. The summed E-state index contributed by atoms with van der Waals surface area (Å²) in [4.78, 5) is 0. The van der Waals surface area contributed by atoms with Crippen LogP contribution < -0.4 is 0 Å². The lowest BCUT2D eigenvalue weighted by atomic mass is 9.93. The van der Waals surface area contributed by atoms with Gasteiger partial charge in [0.25, 0.3) is 0 Å². The van der Waals surface area contributed by atoms with Gasteiger partial charge in [0.15, 0.2) is 0 Å². The van der Waals surface area contributed by atoms with Crippen molar-refractivity contribution in [2.45, 2.75) is 65.0 Å². The summed E-state index contributed by atoms with van der Waals surface area (Å²) in [5, 5.41) is 0. The van der Waals surface area contributed by atoms with E-state index in [1.807, 2.05) is 0 Å². The molecule has 0 saturated heterocycles. The third kappa shape index (κ3) is 8.39. The molecule has 0 aromatic heterocycles. The Morgan fingerprint density at radius 1 is 1.00 bits per heavy atom. The highest BCUT2D eigenvalue weighted by molar-refractivity contribution is 4.60. The SMILES string of the molecule is CCCCC(CC)CCCC(F)(F)F. The average molecular weight is 210 g/mol. The van der Waals surface area contributed by atoms with E-state index in [0.29, 0.717) is 12.3 Å². The molecule has 0 saturated carbocycles. The van der Waals surface area contributed by atoms with E-state index in [1.165, 1.54) is 0 Å². The fraction of sp³-hybridized carbons (Fsp3) is 1.00. The summed E-state index contributed by atoms with van der Waals surface area (Å²) in [6.45, 7) is 4.18. The molecule has 3 heteroatoms. The molecule has 0 amide bonds. The Kier molecular flexibility index (Phi) is 7.02. The molecule has 0 aliphatic rings. The van der Waals surface area contributed by atoms with E-state index in [4.69, 9.17) is 0 Å². The average Bonchev–Trinajstić information content (AvgIpc) is 2.09. The van der Waals surface area contributed by atoms with Gasteiger partial charge in [-0.25, -0.2) is 0 Å². The first kappa shape index (κ1) is 13.8. The number of unbranched alkanes of at least 4 members (excludes halogenated alkanes) is 1. The van der Waals surface area contributed by atoms with Crippen molar-refractivity contribution in [2.75, 3.05) is 0 Å². The van der Waals surface area contributed by atoms with E-state index in [-0.39, 0.29) is 0 Å². The van der Waals surface area contributed by atoms with Gasteiger partial charge in [-0.3, -0.25) is 0 Å². The minimum absolute atomic E-state index is 0.297. The molecule has 0 aliphatic carbocycles. The van der Waals surface area contributed by atoms with E-state index in [0.717, 1.165) is 32.1 Å². The summed E-state index contributed by atoms with van der Waals surface area (Å²) in [7, 11) is 0. The van der Waals surface area contributed by atoms with Gasteiger partial charge < -0.3 is 0 Å². The Labute approximate surface area is 84.9 Å². The molecule has 0 spiro atoms. The van der Waals surface area contributed by atoms with Crippen LogP contribution in [0.5, 0.6) is 0 Å². The molecular formula is C11H21F3. The molecule has 0 fully saturated rings. The van der Waals surface area contributed by atoms with Crippen molar-refractivity contribution in [1.82, 2.24) is 0 Å². The first-order valence-corrected chi connectivity index (χ1v) is 5.56. The van der Waals surface area contributed by atoms with Crippen LogP contribution in [0.25, 0.3) is 0 Å². The van der Waals surface area contributed by atoms with E-state index >= 15 is 0 Å². The highest BCUT2D eigenvalue weighted by Gasteiger charge is 2.26. The minimum atomic E-state index is -3.97. The lowest BCUT2D eigenvalue weighted by Crippen LogP contribution is -2.08. The van der Waals surface area contributed by atoms with Crippen LogP contribution in [-0.4, -0.2) is 6.18 Å². The summed E-state index contributed by atoms with van der Waals surface area (Å²) >= 11 is 0. The molecule has 0 bridgehead atoms. The number of hydrogen-bond donors (Lipinski definition) is 0. The molecular weight excluding hydrogens is 189 g/mol. The third-order valence-corrected chi connectivity index (χ3v) is 2.62. The first-order chi connectivity index (χ1) is 6.49. The first-order valence-electron chi connectivity index (χ1n) is 5.56. The molecule has 0 radical (unpaired) electrons. The van der Waals surface area contributed by atoms with Gasteiger partial charge in [0.2, 0.25) is 0 Å². The predicted molar refractivity (Wildman–Crippen MR) is 53.2 cm³/mol. The minimum Gasteiger partial charge on any atom is -0.171 e. The number of halogens is 3. The fourth-order valence-electron chi connectivity index (χ4n) is 1.64. The van der Waals surface area contributed by atoms with Crippen LogP contribution >= 0.6 is 0 Å². The molecule has 86 valence electrons. The van der Waals surface area contributed by atoms with Crippen LogP contribution in [0, 0.1) is 5.92 Å². The maximum absolute atomic E-state index is 11.9. The molecule has 0 heterocycles. The second kappa shape index (κ2) is 7.13. The van der Waals surface area contributed by atoms with Crippen molar-refractivity contribution in [1.29, 1.82) is 0 Å². The van der Waals surface area contributed by atoms with E-state index in [1.54, 1.807) is 0 Å². The summed E-state index contributed by atoms with van der Waals surface area (Å²) < 4.78 is 35.6. The number of rotatable bonds is 7. The van der Waals surface area contributed by atoms with E-state index in [9.17, 15) is 13.2 Å². The molecule has 1 atom stereocenters. The maximum atomic E-state index is 11.9. The van der Waals surface area contributed by atoms with Gasteiger partial charge in [0.1, 0.15) is 0 Å². The molecule has 0 N–H and O–H groups in total. The Balaban J connectivity index is 3.52. The molecule has 14 heavy (non-hydrogen) atoms. The van der Waals surface area contributed by atoms with E-state index < -0.39 is 12.6 Å². The number of hydrogen-bond acceptors (Lipinski definition) is 0. The lowest BCUT2D eigenvalue weighted by molar-refractivity contribution is -0.136. The van der Waals surface area contributed by atoms with Gasteiger partial charge in [-0.05, 0) is 12.3 Å². The van der Waals surface area contributed by atoms with Crippen molar-refractivity contribution in [2.24, 2.45) is 5.92 Å². The Hall–Kier alpha value is -0.210. The second-order valence-electron chi connectivity index (χ2n) is 3.92. The van der Waals surface area contributed by atoms with Crippen molar-refractivity contribution in [3.63, 3.8) is 0 Å². The highest BCUT2D eigenvalue weighted by atomic mass is 19.4. The monoisotopic (exact) mass is 210 g/mol. The zero-order chi connectivity index (χ0) is 11.0. The zero-order valence-corrected chi connectivity index (χ0v) is 9.16. The van der Waals surface area contributed by atoms with Crippen LogP contribution in [-0.2, 0) is 0 Å². The van der Waals surface area contributed by atoms with Crippen LogP contribution in [0.3, 0.4) is 0 Å². The van der Waals surface area contributed by atoms with Crippen molar-refractivity contribution >= 4 is 0 Å². The maximum Gasteiger partial charge on any atom is 0.389 e. The molecule has 1 unspecified atom stereocenters. The molecule has 0 aromatic rings. The largest absolute Gasteiger partial charge is 0.389 e. The Bertz CT molecular complexity index is 129. The standard InChI is InChI=1S/C11H21F3/c1-3-5-7-10(4-2)8-6-9-11(12,13)14/h10H,3-9H2,1-2H3. The van der Waals surface area contributed by atoms with Gasteiger partial charge in [0, 0.05) is 6.42 Å². The second-order valence-corrected chi connectivity index (χ2v) is 3.92. The molecule has 0 aliphatic heterocycles. The fourth-order valence-corrected chi connectivity index (χ4v) is 1.64. The van der Waals surface area contributed by atoms with Gasteiger partial charge in [-0.2, -0.15) is 13.2 Å². The van der Waals surface area contributed by atoms with Crippen LogP contribution in [0.15, 0.2) is 0 Å². The van der Waals surface area contributed by atoms with Crippen LogP contribution in [0.2, 0.25) is 0 Å². The highest BCUT2D eigenvalue weighted by Crippen LogP contribution is 2.26.